The van der Waals surface area contributed by atoms with Crippen LogP contribution in [0, 0.1) is 0 Å². The van der Waals surface area contributed by atoms with Crippen molar-refractivity contribution in [1.29, 1.82) is 0 Å². The Labute approximate surface area is 227 Å². The van der Waals surface area contributed by atoms with Gasteiger partial charge in [-0.3, -0.25) is 9.36 Å². The molecule has 8 nitrogen and oxygen atoms in total. The summed E-state index contributed by atoms with van der Waals surface area (Å²) >= 11 is 0. The predicted molar refractivity (Wildman–Crippen MR) is 142 cm³/mol. The van der Waals surface area contributed by atoms with Crippen LogP contribution in [0.4, 0.5) is 13.2 Å². The summed E-state index contributed by atoms with van der Waals surface area (Å²) in [5.74, 6) is 0.0299. The van der Waals surface area contributed by atoms with Crippen LogP contribution in [-0.4, -0.2) is 38.7 Å². The Hall–Kier alpha value is -3.11. The average Bonchev–Trinajstić information content (AvgIpc) is 2.86. The third-order valence-electron chi connectivity index (χ3n) is 6.19. The molecule has 0 aliphatic carbocycles. The predicted octanol–water partition coefficient (Wildman–Crippen LogP) is 5.22. The largest absolute Gasteiger partial charge is 0.476 e. The number of benzene rings is 1. The molecule has 0 bridgehead atoms. The Morgan fingerprint density at radius 1 is 0.923 bits per heavy atom. The van der Waals surface area contributed by atoms with E-state index >= 15 is 0 Å². The number of alkyl halides is 3. The maximum absolute atomic E-state index is 13.0. The van der Waals surface area contributed by atoms with Crippen LogP contribution in [0.15, 0.2) is 33.9 Å². The summed E-state index contributed by atoms with van der Waals surface area (Å²) in [6.07, 6.45) is -0.596. The zero-order valence-corrected chi connectivity index (χ0v) is 23.3. The van der Waals surface area contributed by atoms with Crippen LogP contribution in [0.2, 0.25) is 0 Å². The number of carbonyl (C=O) groups excluding carboxylic acids is 1. The Balaban J connectivity index is 2.11. The topological polar surface area (TPSA) is 92.4 Å². The lowest BCUT2D eigenvalue weighted by molar-refractivity contribution is -0.158. The molecular weight excluding hydrogens is 515 g/mol. The van der Waals surface area contributed by atoms with Gasteiger partial charge in [0.1, 0.15) is 11.4 Å². The lowest BCUT2D eigenvalue weighted by Gasteiger charge is -2.24. The second-order valence-electron chi connectivity index (χ2n) is 10.0. The number of aromatic nitrogens is 3. The lowest BCUT2D eigenvalue weighted by Crippen LogP contribution is -2.43. The molecule has 0 aliphatic rings. The van der Waals surface area contributed by atoms with Crippen molar-refractivity contribution in [3.8, 4) is 5.75 Å². The van der Waals surface area contributed by atoms with Gasteiger partial charge in [-0.15, -0.1) is 0 Å². The van der Waals surface area contributed by atoms with Crippen molar-refractivity contribution in [3.63, 3.8) is 0 Å². The highest BCUT2D eigenvalue weighted by molar-refractivity contribution is 5.79. The number of hydrogen-bond donors (Lipinski definition) is 0. The summed E-state index contributed by atoms with van der Waals surface area (Å²) in [4.78, 5) is 38.0. The van der Waals surface area contributed by atoms with Crippen LogP contribution in [-0.2, 0) is 35.5 Å². The van der Waals surface area contributed by atoms with Crippen molar-refractivity contribution in [2.45, 2.75) is 110 Å². The van der Waals surface area contributed by atoms with E-state index in [1.165, 1.54) is 0 Å². The summed E-state index contributed by atoms with van der Waals surface area (Å²) in [5.41, 5.74) is -1.17. The first-order valence-electron chi connectivity index (χ1n) is 13.6. The van der Waals surface area contributed by atoms with Gasteiger partial charge in [0.2, 0.25) is 0 Å². The minimum absolute atomic E-state index is 0.121. The van der Waals surface area contributed by atoms with Gasteiger partial charge in [0.05, 0.1) is 6.61 Å². The van der Waals surface area contributed by atoms with Crippen molar-refractivity contribution in [2.24, 2.45) is 0 Å². The van der Waals surface area contributed by atoms with E-state index in [1.807, 2.05) is 12.1 Å². The van der Waals surface area contributed by atoms with Gasteiger partial charge < -0.3 is 9.47 Å². The second kappa shape index (κ2) is 14.9. The first kappa shape index (κ1) is 32.1. The van der Waals surface area contributed by atoms with E-state index in [0.717, 1.165) is 40.5 Å². The number of carbonyl (C=O) groups is 1. The normalized spacial score (nSPS) is 12.0. The Morgan fingerprint density at radius 3 is 2.23 bits per heavy atom. The van der Waals surface area contributed by atoms with Gasteiger partial charge in [-0.2, -0.15) is 18.3 Å². The molecule has 11 heteroatoms. The fourth-order valence-electron chi connectivity index (χ4n) is 4.07. The van der Waals surface area contributed by atoms with Crippen LogP contribution >= 0.6 is 0 Å². The molecule has 0 unspecified atom stereocenters. The Morgan fingerprint density at radius 2 is 1.62 bits per heavy atom. The van der Waals surface area contributed by atoms with E-state index < -0.39 is 35.4 Å². The van der Waals surface area contributed by atoms with Crippen LogP contribution < -0.4 is 16.0 Å². The van der Waals surface area contributed by atoms with E-state index in [-0.39, 0.29) is 31.8 Å². The molecule has 0 fully saturated rings. The van der Waals surface area contributed by atoms with Crippen molar-refractivity contribution >= 4 is 5.97 Å². The third-order valence-corrected chi connectivity index (χ3v) is 6.19. The molecule has 2 rings (SSSR count). The number of nitrogens with zero attached hydrogens (tertiary/aromatic N) is 3. The fraction of sp³-hybridized carbons (Fsp3) is 0.643. The minimum atomic E-state index is -4.32. The zero-order chi connectivity index (χ0) is 29.1. The van der Waals surface area contributed by atoms with Crippen LogP contribution in [0.5, 0.6) is 5.75 Å². The standard InChI is InChI=1S/C28H40F3N3O5/c1-5-7-8-9-13-23-24(35)33(26(37)34(32-23)20-11-18-28(29,30)31)19-10-12-21-14-16-22(17-15-21)39-27(3,4)25(36)38-6-2/h14-17H,5-13,18-20H2,1-4H3. The number of esters is 1. The molecule has 0 saturated carbocycles. The molecule has 39 heavy (non-hydrogen) atoms. The summed E-state index contributed by atoms with van der Waals surface area (Å²) < 4.78 is 50.8. The highest BCUT2D eigenvalue weighted by Gasteiger charge is 2.31. The van der Waals surface area contributed by atoms with Gasteiger partial charge in [-0.25, -0.2) is 14.3 Å². The maximum atomic E-state index is 13.0. The summed E-state index contributed by atoms with van der Waals surface area (Å²) in [7, 11) is 0. The minimum Gasteiger partial charge on any atom is -0.476 e. The number of hydrogen-bond acceptors (Lipinski definition) is 6. The fourth-order valence-corrected chi connectivity index (χ4v) is 4.07. The molecule has 0 saturated heterocycles. The van der Waals surface area contributed by atoms with Gasteiger partial charge in [0, 0.05) is 19.5 Å². The summed E-state index contributed by atoms with van der Waals surface area (Å²) in [6.45, 7) is 7.21. The molecule has 1 aromatic carbocycles. The quantitative estimate of drug-likeness (QED) is 0.208. The number of rotatable bonds is 16. The van der Waals surface area contributed by atoms with E-state index in [2.05, 4.69) is 12.0 Å². The van der Waals surface area contributed by atoms with E-state index in [4.69, 9.17) is 9.47 Å². The van der Waals surface area contributed by atoms with Gasteiger partial charge >= 0.3 is 17.8 Å². The molecule has 0 spiro atoms. The van der Waals surface area contributed by atoms with Crippen molar-refractivity contribution in [2.75, 3.05) is 6.61 Å². The van der Waals surface area contributed by atoms with Crippen molar-refractivity contribution in [1.82, 2.24) is 14.3 Å². The van der Waals surface area contributed by atoms with E-state index in [1.54, 1.807) is 32.9 Å². The molecule has 2 aromatic rings. The monoisotopic (exact) mass is 555 g/mol. The highest BCUT2D eigenvalue weighted by atomic mass is 19.4. The molecule has 1 aromatic heterocycles. The SMILES string of the molecule is CCCCCCc1nn(CCCC(F)(F)F)c(=O)n(CCCc2ccc(OC(C)(C)C(=O)OCC)cc2)c1=O. The number of aryl methyl sites for hydroxylation is 3. The second-order valence-corrected chi connectivity index (χ2v) is 10.0. The van der Waals surface area contributed by atoms with Crippen molar-refractivity contribution < 1.29 is 27.4 Å². The first-order valence-corrected chi connectivity index (χ1v) is 13.6. The zero-order valence-electron chi connectivity index (χ0n) is 23.3. The number of unbranched alkanes of at least 4 members (excludes halogenated alkanes) is 3. The molecular formula is C28H40F3N3O5. The molecule has 0 N–H and O–H groups in total. The maximum Gasteiger partial charge on any atom is 0.389 e. The summed E-state index contributed by atoms with van der Waals surface area (Å²) in [5, 5.41) is 4.14. The highest BCUT2D eigenvalue weighted by Crippen LogP contribution is 2.22. The third kappa shape index (κ3) is 10.5. The molecule has 1 heterocycles. The van der Waals surface area contributed by atoms with E-state index in [9.17, 15) is 27.6 Å². The lowest BCUT2D eigenvalue weighted by atomic mass is 10.1. The smallest absolute Gasteiger partial charge is 0.389 e. The number of halogens is 3. The van der Waals surface area contributed by atoms with Crippen LogP contribution in [0.1, 0.15) is 83.9 Å². The van der Waals surface area contributed by atoms with Crippen molar-refractivity contribution in [3.05, 3.63) is 56.4 Å². The van der Waals surface area contributed by atoms with Gasteiger partial charge in [0.25, 0.3) is 5.56 Å². The van der Waals surface area contributed by atoms with Gasteiger partial charge in [-0.05, 0) is 70.6 Å². The Bertz CT molecular complexity index is 1170. The summed E-state index contributed by atoms with van der Waals surface area (Å²) in [6, 6.07) is 7.13. The molecule has 0 atom stereocenters. The molecule has 218 valence electrons. The molecule has 0 aliphatic heterocycles. The Kier molecular flexibility index (Phi) is 12.3. The van der Waals surface area contributed by atoms with E-state index in [0.29, 0.717) is 25.0 Å². The van der Waals surface area contributed by atoms with Gasteiger partial charge in [0.15, 0.2) is 5.60 Å². The molecule has 0 amide bonds. The average molecular weight is 556 g/mol. The van der Waals surface area contributed by atoms with Gasteiger partial charge in [-0.1, -0.05) is 38.3 Å². The number of ether oxygens (including phenoxy) is 2. The van der Waals surface area contributed by atoms with Crippen LogP contribution in [0.3, 0.4) is 0 Å². The van der Waals surface area contributed by atoms with Crippen LogP contribution in [0.25, 0.3) is 0 Å². The first-order chi connectivity index (χ1) is 18.4. The molecule has 0 radical (unpaired) electrons.